The van der Waals surface area contributed by atoms with Gasteiger partial charge in [0.2, 0.25) is 0 Å². The molecule has 0 bridgehead atoms. The van der Waals surface area contributed by atoms with Crippen LogP contribution < -0.4 is 0 Å². The normalized spacial score (nSPS) is 12.4. The lowest BCUT2D eigenvalue weighted by Crippen LogP contribution is -2.06. The summed E-state index contributed by atoms with van der Waals surface area (Å²) < 4.78 is 1.65. The van der Waals surface area contributed by atoms with E-state index < -0.39 is 11.9 Å². The number of hydrogen-bond donors (Lipinski definition) is 1. The summed E-state index contributed by atoms with van der Waals surface area (Å²) in [4.78, 5) is 10.9. The van der Waals surface area contributed by atoms with E-state index in [-0.39, 0.29) is 0 Å². The van der Waals surface area contributed by atoms with Gasteiger partial charge in [0.1, 0.15) is 0 Å². The first-order chi connectivity index (χ1) is 8.49. The van der Waals surface area contributed by atoms with Crippen LogP contribution in [0.2, 0.25) is 5.02 Å². The second-order valence-corrected chi connectivity index (χ2v) is 4.62. The Morgan fingerprint density at radius 3 is 2.83 bits per heavy atom. The predicted octanol–water partition coefficient (Wildman–Crippen LogP) is 3.02. The van der Waals surface area contributed by atoms with Gasteiger partial charge >= 0.3 is 5.97 Å². The van der Waals surface area contributed by atoms with Crippen LogP contribution in [0.5, 0.6) is 0 Å². The molecule has 0 aliphatic carbocycles. The monoisotopic (exact) mass is 264 g/mol. The summed E-state index contributed by atoms with van der Waals surface area (Å²) in [5.74, 6) is -1.42. The van der Waals surface area contributed by atoms with E-state index in [0.717, 1.165) is 11.3 Å². The molecule has 0 saturated carbocycles. The van der Waals surface area contributed by atoms with Crippen molar-refractivity contribution in [2.24, 2.45) is 0 Å². The SMILES string of the molecule is Cc1cc(-n2cc(C(C)C(=O)O)cn2)ccc1Cl. The van der Waals surface area contributed by atoms with Crippen LogP contribution in [-0.2, 0) is 4.79 Å². The minimum absolute atomic E-state index is 0.563. The van der Waals surface area contributed by atoms with Gasteiger partial charge in [-0.25, -0.2) is 4.68 Å². The molecule has 4 nitrogen and oxygen atoms in total. The fraction of sp³-hybridized carbons (Fsp3) is 0.231. The minimum atomic E-state index is -0.859. The third kappa shape index (κ3) is 2.38. The van der Waals surface area contributed by atoms with Gasteiger partial charge in [-0.1, -0.05) is 11.6 Å². The zero-order valence-electron chi connectivity index (χ0n) is 10.1. The number of carboxylic acid groups (broad SMARTS) is 1. The molecule has 5 heteroatoms. The average molecular weight is 265 g/mol. The van der Waals surface area contributed by atoms with Crippen molar-refractivity contribution in [3.63, 3.8) is 0 Å². The summed E-state index contributed by atoms with van der Waals surface area (Å²) >= 11 is 5.96. The number of rotatable bonds is 3. The Bertz CT molecular complexity index is 592. The molecule has 2 rings (SSSR count). The van der Waals surface area contributed by atoms with Crippen LogP contribution in [0.25, 0.3) is 5.69 Å². The van der Waals surface area contributed by atoms with Gasteiger partial charge in [-0.3, -0.25) is 4.79 Å². The summed E-state index contributed by atoms with van der Waals surface area (Å²) in [5.41, 5.74) is 2.49. The van der Waals surface area contributed by atoms with Crippen molar-refractivity contribution < 1.29 is 9.90 Å². The number of hydrogen-bond acceptors (Lipinski definition) is 2. The predicted molar refractivity (Wildman–Crippen MR) is 69.4 cm³/mol. The van der Waals surface area contributed by atoms with E-state index in [9.17, 15) is 4.79 Å². The molecule has 0 amide bonds. The van der Waals surface area contributed by atoms with Crippen molar-refractivity contribution in [1.29, 1.82) is 0 Å². The van der Waals surface area contributed by atoms with E-state index in [4.69, 9.17) is 16.7 Å². The van der Waals surface area contributed by atoms with Crippen molar-refractivity contribution in [1.82, 2.24) is 9.78 Å². The van der Waals surface area contributed by atoms with Crippen LogP contribution in [0.15, 0.2) is 30.6 Å². The van der Waals surface area contributed by atoms with E-state index in [1.807, 2.05) is 19.1 Å². The molecule has 1 aromatic carbocycles. The first kappa shape index (κ1) is 12.6. The second kappa shape index (κ2) is 4.82. The Balaban J connectivity index is 2.35. The minimum Gasteiger partial charge on any atom is -0.481 e. The molecule has 0 aliphatic heterocycles. The van der Waals surface area contributed by atoms with Gasteiger partial charge in [0.25, 0.3) is 0 Å². The number of aromatic nitrogens is 2. The summed E-state index contributed by atoms with van der Waals surface area (Å²) in [6.45, 7) is 3.55. The highest BCUT2D eigenvalue weighted by molar-refractivity contribution is 6.31. The Kier molecular flexibility index (Phi) is 3.39. The van der Waals surface area contributed by atoms with E-state index in [1.165, 1.54) is 0 Å². The Morgan fingerprint density at radius 1 is 1.50 bits per heavy atom. The molecule has 0 fully saturated rings. The van der Waals surface area contributed by atoms with Gasteiger partial charge in [-0.05, 0) is 37.6 Å². The van der Waals surface area contributed by atoms with Crippen LogP contribution in [-0.4, -0.2) is 20.9 Å². The molecule has 1 aromatic heterocycles. The van der Waals surface area contributed by atoms with Gasteiger partial charge in [0.05, 0.1) is 17.8 Å². The lowest BCUT2D eigenvalue weighted by molar-refractivity contribution is -0.138. The summed E-state index contributed by atoms with van der Waals surface area (Å²) in [5, 5.41) is 13.8. The van der Waals surface area contributed by atoms with Gasteiger partial charge in [-0.2, -0.15) is 5.10 Å². The molecular weight excluding hydrogens is 252 g/mol. The van der Waals surface area contributed by atoms with Crippen molar-refractivity contribution in [2.45, 2.75) is 19.8 Å². The average Bonchev–Trinajstić information content (AvgIpc) is 2.81. The number of carbonyl (C=O) groups is 1. The van der Waals surface area contributed by atoms with Crippen LogP contribution >= 0.6 is 11.6 Å². The Morgan fingerprint density at radius 2 is 2.22 bits per heavy atom. The summed E-state index contributed by atoms with van der Waals surface area (Å²) in [6.07, 6.45) is 3.30. The molecule has 1 heterocycles. The highest BCUT2D eigenvalue weighted by Gasteiger charge is 2.15. The van der Waals surface area contributed by atoms with Gasteiger partial charge < -0.3 is 5.11 Å². The molecule has 2 aromatic rings. The van der Waals surface area contributed by atoms with Crippen LogP contribution in [0.1, 0.15) is 24.0 Å². The van der Waals surface area contributed by atoms with E-state index >= 15 is 0 Å². The standard InChI is InChI=1S/C13H13ClN2O2/c1-8-5-11(3-4-12(8)14)16-7-10(6-15-16)9(2)13(17)18/h3-7,9H,1-2H3,(H,17,18). The highest BCUT2D eigenvalue weighted by atomic mass is 35.5. The first-order valence-corrected chi connectivity index (χ1v) is 5.90. The molecule has 0 spiro atoms. The molecule has 1 N–H and O–H groups in total. The van der Waals surface area contributed by atoms with Crippen LogP contribution in [0.3, 0.4) is 0 Å². The maximum atomic E-state index is 10.9. The summed E-state index contributed by atoms with van der Waals surface area (Å²) in [7, 11) is 0. The molecule has 0 saturated heterocycles. The number of carboxylic acids is 1. The fourth-order valence-electron chi connectivity index (χ4n) is 1.62. The number of nitrogens with zero attached hydrogens (tertiary/aromatic N) is 2. The number of halogens is 1. The lowest BCUT2D eigenvalue weighted by Gasteiger charge is -2.04. The summed E-state index contributed by atoms with van der Waals surface area (Å²) in [6, 6.07) is 5.55. The molecule has 0 aliphatic rings. The fourth-order valence-corrected chi connectivity index (χ4v) is 1.73. The molecule has 0 radical (unpaired) electrons. The van der Waals surface area contributed by atoms with Crippen LogP contribution in [0, 0.1) is 6.92 Å². The maximum absolute atomic E-state index is 10.9. The van der Waals surface area contributed by atoms with E-state index in [2.05, 4.69) is 5.10 Å². The van der Waals surface area contributed by atoms with Gasteiger partial charge in [0, 0.05) is 16.8 Å². The van der Waals surface area contributed by atoms with Crippen molar-refractivity contribution in [3.8, 4) is 5.69 Å². The lowest BCUT2D eigenvalue weighted by atomic mass is 10.1. The number of aryl methyl sites for hydroxylation is 1. The van der Waals surface area contributed by atoms with Crippen molar-refractivity contribution >= 4 is 17.6 Å². The largest absolute Gasteiger partial charge is 0.481 e. The quantitative estimate of drug-likeness (QED) is 0.927. The molecule has 94 valence electrons. The zero-order valence-corrected chi connectivity index (χ0v) is 10.8. The first-order valence-electron chi connectivity index (χ1n) is 5.53. The van der Waals surface area contributed by atoms with Gasteiger partial charge in [-0.15, -0.1) is 0 Å². The zero-order chi connectivity index (χ0) is 13.3. The molecule has 1 atom stereocenters. The maximum Gasteiger partial charge on any atom is 0.310 e. The third-order valence-corrected chi connectivity index (χ3v) is 3.30. The smallest absolute Gasteiger partial charge is 0.310 e. The van der Waals surface area contributed by atoms with Crippen molar-refractivity contribution in [2.75, 3.05) is 0 Å². The number of aliphatic carboxylic acids is 1. The molecule has 1 unspecified atom stereocenters. The third-order valence-electron chi connectivity index (χ3n) is 2.88. The molecule has 18 heavy (non-hydrogen) atoms. The Labute approximate surface area is 110 Å². The highest BCUT2D eigenvalue weighted by Crippen LogP contribution is 2.20. The van der Waals surface area contributed by atoms with E-state index in [1.54, 1.807) is 30.1 Å². The van der Waals surface area contributed by atoms with E-state index in [0.29, 0.717) is 10.6 Å². The topological polar surface area (TPSA) is 55.1 Å². The molecular formula is C13H13ClN2O2. The van der Waals surface area contributed by atoms with Crippen LogP contribution in [0.4, 0.5) is 0 Å². The van der Waals surface area contributed by atoms with Gasteiger partial charge in [0.15, 0.2) is 0 Å². The Hall–Kier alpha value is -1.81. The second-order valence-electron chi connectivity index (χ2n) is 4.21. The van der Waals surface area contributed by atoms with Crippen molar-refractivity contribution in [3.05, 3.63) is 46.7 Å². The number of benzene rings is 1.